The van der Waals surface area contributed by atoms with Gasteiger partial charge in [-0.05, 0) is 49.4 Å². The third-order valence-corrected chi connectivity index (χ3v) is 4.58. The van der Waals surface area contributed by atoms with Crippen molar-refractivity contribution < 1.29 is 9.59 Å². The zero-order valence-corrected chi connectivity index (χ0v) is 16.0. The van der Waals surface area contributed by atoms with Crippen LogP contribution in [0.4, 0.5) is 5.69 Å². The van der Waals surface area contributed by atoms with Crippen LogP contribution in [0.5, 0.6) is 0 Å². The molecule has 1 atom stereocenters. The van der Waals surface area contributed by atoms with Crippen LogP contribution in [0.2, 0.25) is 0 Å². The number of nitrogens with zero attached hydrogens (tertiary/aromatic N) is 1. The summed E-state index contributed by atoms with van der Waals surface area (Å²) in [6.07, 6.45) is 0.751. The lowest BCUT2D eigenvalue weighted by Crippen LogP contribution is -2.36. The maximum absolute atomic E-state index is 12.0. The summed E-state index contributed by atoms with van der Waals surface area (Å²) in [6, 6.07) is 19.2. The van der Waals surface area contributed by atoms with Crippen molar-refractivity contribution in [3.8, 4) is 6.07 Å². The average Bonchev–Trinajstić information content (AvgIpc) is 2.68. The van der Waals surface area contributed by atoms with E-state index in [2.05, 4.69) is 35.8 Å². The Kier molecular flexibility index (Phi) is 6.73. The van der Waals surface area contributed by atoms with Crippen LogP contribution < -0.4 is 10.6 Å². The Morgan fingerprint density at radius 3 is 2.26 bits per heavy atom. The average molecular weight is 363 g/mol. The van der Waals surface area contributed by atoms with Crippen LogP contribution in [0.1, 0.15) is 44.2 Å². The van der Waals surface area contributed by atoms with E-state index in [0.29, 0.717) is 18.2 Å². The van der Waals surface area contributed by atoms with Crippen LogP contribution in [0.3, 0.4) is 0 Å². The standard InChI is InChI=1S/C22H25N3O2/c1-16(17-7-5-4-6-8-17)13-14-24-20(26)21(27)25-19-11-9-18(10-12-19)22(2,3)15-23/h4-12,16H,13-14H2,1-3H3,(H,24,26)(H,25,27). The van der Waals surface area contributed by atoms with E-state index in [9.17, 15) is 9.59 Å². The van der Waals surface area contributed by atoms with Gasteiger partial charge in [0.15, 0.2) is 0 Å². The molecule has 5 heteroatoms. The maximum atomic E-state index is 12.0. The number of carbonyl (C=O) groups is 2. The third-order valence-electron chi connectivity index (χ3n) is 4.58. The Morgan fingerprint density at radius 2 is 1.67 bits per heavy atom. The first-order valence-corrected chi connectivity index (χ1v) is 8.99. The molecule has 2 aromatic carbocycles. The number of amides is 2. The lowest BCUT2D eigenvalue weighted by Gasteiger charge is -2.16. The molecule has 140 valence electrons. The first-order valence-electron chi connectivity index (χ1n) is 8.99. The molecule has 5 nitrogen and oxygen atoms in total. The molecule has 0 aliphatic carbocycles. The Labute approximate surface area is 160 Å². The topological polar surface area (TPSA) is 82.0 Å². The van der Waals surface area contributed by atoms with E-state index in [0.717, 1.165) is 12.0 Å². The summed E-state index contributed by atoms with van der Waals surface area (Å²) in [5, 5.41) is 14.4. The molecule has 0 spiro atoms. The highest BCUT2D eigenvalue weighted by molar-refractivity contribution is 6.39. The highest BCUT2D eigenvalue weighted by Crippen LogP contribution is 2.23. The van der Waals surface area contributed by atoms with Gasteiger partial charge in [-0.25, -0.2) is 0 Å². The van der Waals surface area contributed by atoms with Gasteiger partial charge in [0.1, 0.15) is 0 Å². The number of benzene rings is 2. The molecule has 0 fully saturated rings. The predicted molar refractivity (Wildman–Crippen MR) is 106 cm³/mol. The summed E-state index contributed by atoms with van der Waals surface area (Å²) in [7, 11) is 0. The number of rotatable bonds is 6. The molecule has 0 aliphatic rings. The number of anilines is 1. The first-order chi connectivity index (χ1) is 12.8. The van der Waals surface area contributed by atoms with Gasteiger partial charge >= 0.3 is 11.8 Å². The lowest BCUT2D eigenvalue weighted by atomic mass is 9.86. The molecule has 2 N–H and O–H groups in total. The van der Waals surface area contributed by atoms with Crippen molar-refractivity contribution in [1.82, 2.24) is 5.32 Å². The summed E-state index contributed by atoms with van der Waals surface area (Å²) < 4.78 is 0. The molecule has 0 saturated heterocycles. The van der Waals surface area contributed by atoms with Crippen LogP contribution in [0, 0.1) is 11.3 Å². The summed E-state index contributed by atoms with van der Waals surface area (Å²) in [4.78, 5) is 24.0. The van der Waals surface area contributed by atoms with Gasteiger partial charge in [0.05, 0.1) is 11.5 Å². The highest BCUT2D eigenvalue weighted by atomic mass is 16.2. The second-order valence-electron chi connectivity index (χ2n) is 7.12. The molecular weight excluding hydrogens is 338 g/mol. The number of nitriles is 1. The maximum Gasteiger partial charge on any atom is 0.313 e. The van der Waals surface area contributed by atoms with Gasteiger partial charge in [0.25, 0.3) is 0 Å². The Hall–Kier alpha value is -3.13. The van der Waals surface area contributed by atoms with E-state index in [-0.39, 0.29) is 0 Å². The summed E-state index contributed by atoms with van der Waals surface area (Å²) in [5.74, 6) is -1.06. The summed E-state index contributed by atoms with van der Waals surface area (Å²) >= 11 is 0. The minimum atomic E-state index is -0.699. The fourth-order valence-corrected chi connectivity index (χ4v) is 2.65. The second kappa shape index (κ2) is 9.00. The SMILES string of the molecule is CC(CCNC(=O)C(=O)Nc1ccc(C(C)(C)C#N)cc1)c1ccccc1. The quantitative estimate of drug-likeness (QED) is 0.767. The van der Waals surface area contributed by atoms with Gasteiger partial charge in [-0.1, -0.05) is 49.4 Å². The number of hydrogen-bond donors (Lipinski definition) is 2. The van der Waals surface area contributed by atoms with Crippen LogP contribution in [0.15, 0.2) is 54.6 Å². The van der Waals surface area contributed by atoms with E-state index >= 15 is 0 Å². The largest absolute Gasteiger partial charge is 0.348 e. The van der Waals surface area contributed by atoms with Crippen LogP contribution in [-0.4, -0.2) is 18.4 Å². The van der Waals surface area contributed by atoms with E-state index in [4.69, 9.17) is 5.26 Å². The van der Waals surface area contributed by atoms with E-state index < -0.39 is 17.2 Å². The normalized spacial score (nSPS) is 11.9. The molecule has 27 heavy (non-hydrogen) atoms. The van der Waals surface area contributed by atoms with Crippen molar-refractivity contribution in [3.05, 3.63) is 65.7 Å². The number of hydrogen-bond acceptors (Lipinski definition) is 3. The van der Waals surface area contributed by atoms with Gasteiger partial charge in [-0.2, -0.15) is 5.26 Å². The molecule has 0 bridgehead atoms. The molecule has 0 radical (unpaired) electrons. The van der Waals surface area contributed by atoms with Crippen LogP contribution >= 0.6 is 0 Å². The lowest BCUT2D eigenvalue weighted by molar-refractivity contribution is -0.136. The second-order valence-corrected chi connectivity index (χ2v) is 7.12. The Morgan fingerprint density at radius 1 is 1.04 bits per heavy atom. The van der Waals surface area contributed by atoms with Gasteiger partial charge < -0.3 is 10.6 Å². The minimum absolute atomic E-state index is 0.297. The van der Waals surface area contributed by atoms with Gasteiger partial charge in [-0.15, -0.1) is 0 Å². The molecule has 0 heterocycles. The highest BCUT2D eigenvalue weighted by Gasteiger charge is 2.20. The molecule has 2 amide bonds. The van der Waals surface area contributed by atoms with Crippen LogP contribution in [-0.2, 0) is 15.0 Å². The molecular formula is C22H25N3O2. The van der Waals surface area contributed by atoms with Gasteiger partial charge in [-0.3, -0.25) is 9.59 Å². The van der Waals surface area contributed by atoms with E-state index in [1.807, 2.05) is 32.0 Å². The van der Waals surface area contributed by atoms with E-state index in [1.54, 1.807) is 24.3 Å². The van der Waals surface area contributed by atoms with Crippen molar-refractivity contribution >= 4 is 17.5 Å². The van der Waals surface area contributed by atoms with Crippen molar-refractivity contribution in [2.75, 3.05) is 11.9 Å². The monoisotopic (exact) mass is 363 g/mol. The molecule has 0 aromatic heterocycles. The predicted octanol–water partition coefficient (Wildman–Crippen LogP) is 3.74. The van der Waals surface area contributed by atoms with Crippen molar-refractivity contribution in [3.63, 3.8) is 0 Å². The third kappa shape index (κ3) is 5.68. The number of carbonyl (C=O) groups excluding carboxylic acids is 2. The summed E-state index contributed by atoms with van der Waals surface area (Å²) in [6.45, 7) is 6.17. The van der Waals surface area contributed by atoms with Crippen molar-refractivity contribution in [1.29, 1.82) is 5.26 Å². The smallest absolute Gasteiger partial charge is 0.313 e. The molecule has 1 unspecified atom stereocenters. The minimum Gasteiger partial charge on any atom is -0.348 e. The van der Waals surface area contributed by atoms with Gasteiger partial charge in [0.2, 0.25) is 0 Å². The number of nitrogens with one attached hydrogen (secondary N) is 2. The Bertz CT molecular complexity index is 821. The molecule has 2 rings (SSSR count). The zero-order chi connectivity index (χ0) is 19.9. The molecule has 0 aliphatic heterocycles. The van der Waals surface area contributed by atoms with Crippen LogP contribution in [0.25, 0.3) is 0 Å². The van der Waals surface area contributed by atoms with Gasteiger partial charge in [0, 0.05) is 12.2 Å². The van der Waals surface area contributed by atoms with E-state index in [1.165, 1.54) is 5.56 Å². The zero-order valence-electron chi connectivity index (χ0n) is 16.0. The molecule has 0 saturated carbocycles. The summed E-state index contributed by atoms with van der Waals surface area (Å²) in [5.41, 5.74) is 1.97. The van der Waals surface area contributed by atoms with Crippen molar-refractivity contribution in [2.24, 2.45) is 0 Å². The molecule has 2 aromatic rings. The first kappa shape index (κ1) is 20.2. The fraction of sp³-hybridized carbons (Fsp3) is 0.318. The Balaban J connectivity index is 1.82. The van der Waals surface area contributed by atoms with Crippen molar-refractivity contribution in [2.45, 2.75) is 38.5 Å². The fourth-order valence-electron chi connectivity index (χ4n) is 2.65.